The number of alkyl halides is 3. The maximum atomic E-state index is 12.8. The normalized spacial score (nSPS) is 18.5. The van der Waals surface area contributed by atoms with E-state index in [1.807, 2.05) is 25.1 Å². The molecule has 0 spiro atoms. The minimum Gasteiger partial charge on any atom is -0.327 e. The highest BCUT2D eigenvalue weighted by atomic mass is 35.5. The average molecular weight is 397 g/mol. The standard InChI is InChI=1S/C20H20ClF3N2O/c1-12-9-14(10-25-18(12)7-8-20(22,23)24)13(2)26-11-16-15(19(26)27)5-3-4-6-17(16)21/h3,5-6,9-10,13H,4,7-8,11H2,1-2H3. The summed E-state index contributed by atoms with van der Waals surface area (Å²) in [6.45, 7) is 4.04. The fourth-order valence-electron chi connectivity index (χ4n) is 3.34. The molecule has 0 saturated carbocycles. The van der Waals surface area contributed by atoms with Crippen molar-refractivity contribution < 1.29 is 18.0 Å². The van der Waals surface area contributed by atoms with Gasteiger partial charge in [-0.1, -0.05) is 35.9 Å². The number of nitrogens with zero attached hydrogens (tertiary/aromatic N) is 2. The summed E-state index contributed by atoms with van der Waals surface area (Å²) in [5, 5.41) is 0.592. The summed E-state index contributed by atoms with van der Waals surface area (Å²) in [6, 6.07) is 1.55. The van der Waals surface area contributed by atoms with Gasteiger partial charge in [-0.2, -0.15) is 13.2 Å². The summed E-state index contributed by atoms with van der Waals surface area (Å²) in [5.74, 6) is -0.0963. The highest BCUT2D eigenvalue weighted by Gasteiger charge is 2.34. The number of amides is 1. The van der Waals surface area contributed by atoms with E-state index in [0.29, 0.717) is 34.8 Å². The van der Waals surface area contributed by atoms with Crippen molar-refractivity contribution in [1.29, 1.82) is 0 Å². The third-order valence-corrected chi connectivity index (χ3v) is 5.34. The van der Waals surface area contributed by atoms with Gasteiger partial charge < -0.3 is 4.90 Å². The van der Waals surface area contributed by atoms with Gasteiger partial charge in [0.25, 0.3) is 5.91 Å². The first-order valence-electron chi connectivity index (χ1n) is 8.76. The molecule has 1 aliphatic carbocycles. The lowest BCUT2D eigenvalue weighted by Crippen LogP contribution is -2.30. The van der Waals surface area contributed by atoms with Crippen LogP contribution in [-0.2, 0) is 11.2 Å². The molecular formula is C20H20ClF3N2O. The lowest BCUT2D eigenvalue weighted by molar-refractivity contribution is -0.134. The van der Waals surface area contributed by atoms with E-state index in [1.54, 1.807) is 24.1 Å². The maximum Gasteiger partial charge on any atom is 0.389 e. The molecule has 2 heterocycles. The molecule has 0 radical (unpaired) electrons. The number of aryl methyl sites for hydroxylation is 2. The maximum absolute atomic E-state index is 12.8. The zero-order chi connectivity index (χ0) is 19.8. The molecule has 0 aromatic carbocycles. The van der Waals surface area contributed by atoms with Crippen LogP contribution < -0.4 is 0 Å². The first-order chi connectivity index (χ1) is 12.7. The number of carbonyl (C=O) groups excluding carboxylic acids is 1. The Labute approximate surface area is 161 Å². The van der Waals surface area contributed by atoms with Crippen LogP contribution in [0.5, 0.6) is 0 Å². The monoisotopic (exact) mass is 396 g/mol. The molecular weight excluding hydrogens is 377 g/mol. The van der Waals surface area contributed by atoms with Crippen molar-refractivity contribution in [3.63, 3.8) is 0 Å². The summed E-state index contributed by atoms with van der Waals surface area (Å²) in [6.07, 6.45) is 2.60. The van der Waals surface area contributed by atoms with Crippen molar-refractivity contribution in [2.45, 2.75) is 45.3 Å². The van der Waals surface area contributed by atoms with Crippen molar-refractivity contribution in [3.8, 4) is 0 Å². The smallest absolute Gasteiger partial charge is 0.327 e. The molecule has 3 nitrogen and oxygen atoms in total. The number of halogens is 4. The van der Waals surface area contributed by atoms with E-state index in [-0.39, 0.29) is 18.4 Å². The molecule has 7 heteroatoms. The van der Waals surface area contributed by atoms with Gasteiger partial charge in [-0.3, -0.25) is 9.78 Å². The Hall–Kier alpha value is -2.08. The number of rotatable bonds is 4. The van der Waals surface area contributed by atoms with Crippen molar-refractivity contribution >= 4 is 17.5 Å². The third kappa shape index (κ3) is 4.26. The van der Waals surface area contributed by atoms with E-state index >= 15 is 0 Å². The Balaban J connectivity index is 1.77. The van der Waals surface area contributed by atoms with Gasteiger partial charge in [-0.25, -0.2) is 0 Å². The molecule has 2 aliphatic rings. The minimum atomic E-state index is -4.20. The van der Waals surface area contributed by atoms with Crippen LogP contribution in [-0.4, -0.2) is 28.5 Å². The third-order valence-electron chi connectivity index (χ3n) is 4.95. The minimum absolute atomic E-state index is 0.0963. The van der Waals surface area contributed by atoms with Crippen molar-refractivity contribution in [1.82, 2.24) is 9.88 Å². The van der Waals surface area contributed by atoms with E-state index in [2.05, 4.69) is 4.98 Å². The predicted octanol–water partition coefficient (Wildman–Crippen LogP) is 5.17. The van der Waals surface area contributed by atoms with Crippen LogP contribution in [0, 0.1) is 6.92 Å². The summed E-state index contributed by atoms with van der Waals surface area (Å²) < 4.78 is 37.3. The number of aromatic nitrogens is 1. The highest BCUT2D eigenvalue weighted by molar-refractivity contribution is 6.33. The summed E-state index contributed by atoms with van der Waals surface area (Å²) in [5.41, 5.74) is 3.33. The number of pyridine rings is 1. The Morgan fingerprint density at radius 3 is 2.78 bits per heavy atom. The first-order valence-corrected chi connectivity index (χ1v) is 9.14. The topological polar surface area (TPSA) is 33.2 Å². The Morgan fingerprint density at radius 1 is 1.37 bits per heavy atom. The zero-order valence-electron chi connectivity index (χ0n) is 15.1. The van der Waals surface area contributed by atoms with Crippen molar-refractivity contribution in [2.24, 2.45) is 0 Å². The van der Waals surface area contributed by atoms with Crippen LogP contribution in [0.3, 0.4) is 0 Å². The molecule has 0 N–H and O–H groups in total. The van der Waals surface area contributed by atoms with Crippen LogP contribution in [0.15, 0.2) is 46.7 Å². The van der Waals surface area contributed by atoms with Crippen LogP contribution in [0.2, 0.25) is 0 Å². The number of carbonyl (C=O) groups is 1. The number of hydrogen-bond donors (Lipinski definition) is 0. The molecule has 0 fully saturated rings. The number of hydrogen-bond acceptors (Lipinski definition) is 2. The first kappa shape index (κ1) is 19.7. The summed E-state index contributed by atoms with van der Waals surface area (Å²) >= 11 is 6.30. The average Bonchev–Trinajstić information content (AvgIpc) is 2.80. The molecule has 1 aromatic rings. The number of allylic oxidation sites excluding steroid dienone is 2. The SMILES string of the molecule is Cc1cc(C(C)N2CC3=C(C=CCC=C3Cl)C2=O)cnc1CCC(F)(F)F. The van der Waals surface area contributed by atoms with Crippen molar-refractivity contribution in [2.75, 3.05) is 6.54 Å². The molecule has 1 aliphatic heterocycles. The van der Waals surface area contributed by atoms with Gasteiger partial charge in [-0.15, -0.1) is 0 Å². The van der Waals surface area contributed by atoms with E-state index in [1.165, 1.54) is 0 Å². The lowest BCUT2D eigenvalue weighted by atomic mass is 10.0. The molecule has 27 heavy (non-hydrogen) atoms. The van der Waals surface area contributed by atoms with E-state index in [0.717, 1.165) is 11.1 Å². The zero-order valence-corrected chi connectivity index (χ0v) is 15.9. The quantitative estimate of drug-likeness (QED) is 0.703. The Morgan fingerprint density at radius 2 is 2.11 bits per heavy atom. The molecule has 3 rings (SSSR count). The second kappa shape index (κ2) is 7.50. The van der Waals surface area contributed by atoms with Crippen LogP contribution >= 0.6 is 11.6 Å². The van der Waals surface area contributed by atoms with Crippen molar-refractivity contribution in [3.05, 3.63) is 63.5 Å². The lowest BCUT2D eigenvalue weighted by Gasteiger charge is -2.26. The second-order valence-corrected chi connectivity index (χ2v) is 7.25. The van der Waals surface area contributed by atoms with Crippen LogP contribution in [0.25, 0.3) is 0 Å². The van der Waals surface area contributed by atoms with Gasteiger partial charge in [0.15, 0.2) is 0 Å². The van der Waals surface area contributed by atoms with Gasteiger partial charge in [-0.05, 0) is 37.8 Å². The van der Waals surface area contributed by atoms with Gasteiger partial charge in [0, 0.05) is 41.0 Å². The molecule has 0 saturated heterocycles. The van der Waals surface area contributed by atoms with E-state index < -0.39 is 12.6 Å². The highest BCUT2D eigenvalue weighted by Crippen LogP contribution is 2.35. The fraction of sp³-hybridized carbons (Fsp3) is 0.400. The summed E-state index contributed by atoms with van der Waals surface area (Å²) in [7, 11) is 0. The molecule has 1 amide bonds. The van der Waals surface area contributed by atoms with E-state index in [4.69, 9.17) is 11.6 Å². The van der Waals surface area contributed by atoms with Gasteiger partial charge in [0.05, 0.1) is 6.04 Å². The second-order valence-electron chi connectivity index (χ2n) is 6.84. The molecule has 144 valence electrons. The van der Waals surface area contributed by atoms with Crippen LogP contribution in [0.4, 0.5) is 13.2 Å². The predicted molar refractivity (Wildman–Crippen MR) is 98.2 cm³/mol. The van der Waals surface area contributed by atoms with Gasteiger partial charge in [0.2, 0.25) is 0 Å². The largest absolute Gasteiger partial charge is 0.389 e. The molecule has 1 atom stereocenters. The van der Waals surface area contributed by atoms with Gasteiger partial charge >= 0.3 is 6.18 Å². The summed E-state index contributed by atoms with van der Waals surface area (Å²) in [4.78, 5) is 18.7. The molecule has 1 aromatic heterocycles. The Bertz CT molecular complexity index is 855. The molecule has 0 bridgehead atoms. The van der Waals surface area contributed by atoms with Crippen LogP contribution in [0.1, 0.15) is 42.6 Å². The van der Waals surface area contributed by atoms with Gasteiger partial charge in [0.1, 0.15) is 0 Å². The fourth-order valence-corrected chi connectivity index (χ4v) is 3.59. The molecule has 1 unspecified atom stereocenters. The Kier molecular flexibility index (Phi) is 5.47. The van der Waals surface area contributed by atoms with E-state index in [9.17, 15) is 18.0 Å².